The minimum Gasteiger partial charge on any atom is -0.443 e. The molecular weight excluding hydrogens is 658 g/mol. The van der Waals surface area contributed by atoms with E-state index in [9.17, 15) is 23.1 Å². The van der Waals surface area contributed by atoms with Gasteiger partial charge in [0.2, 0.25) is 10.0 Å². The van der Waals surface area contributed by atoms with Crippen molar-refractivity contribution in [3.8, 4) is 0 Å². The van der Waals surface area contributed by atoms with E-state index >= 15 is 0 Å². The van der Waals surface area contributed by atoms with Crippen molar-refractivity contribution in [1.29, 1.82) is 0 Å². The van der Waals surface area contributed by atoms with Gasteiger partial charge in [-0.25, -0.2) is 18.0 Å². The summed E-state index contributed by atoms with van der Waals surface area (Å²) in [5.74, 6) is -0.138. The summed E-state index contributed by atoms with van der Waals surface area (Å²) in [6.07, 6.45) is -2.63. The zero-order valence-corrected chi connectivity index (χ0v) is 28.5. The number of benzene rings is 2. The number of sulfonamides is 1. The molecule has 4 saturated heterocycles. The van der Waals surface area contributed by atoms with Gasteiger partial charge in [0.1, 0.15) is 12.2 Å². The largest absolute Gasteiger partial charge is 0.443 e. The number of amides is 2. The number of aliphatic hydroxyl groups excluding tert-OH is 1. The van der Waals surface area contributed by atoms with Gasteiger partial charge in [-0.05, 0) is 55.0 Å². The molecule has 4 aliphatic heterocycles. The summed E-state index contributed by atoms with van der Waals surface area (Å²) in [7, 11) is -4.10. The van der Waals surface area contributed by atoms with Crippen LogP contribution in [0.25, 0.3) is 0 Å². The maximum absolute atomic E-state index is 14.0. The third-order valence-electron chi connectivity index (χ3n) is 9.25. The number of ether oxygens (including phenoxy) is 6. The summed E-state index contributed by atoms with van der Waals surface area (Å²) < 4.78 is 62.5. The average Bonchev–Trinajstić information content (AvgIpc) is 3.87. The number of hydrogen-bond acceptors (Lipinski definition) is 11. The van der Waals surface area contributed by atoms with Gasteiger partial charge in [0, 0.05) is 18.8 Å². The van der Waals surface area contributed by atoms with Gasteiger partial charge in [0.15, 0.2) is 12.6 Å². The molecule has 4 fully saturated rings. The lowest BCUT2D eigenvalue weighted by Crippen LogP contribution is -2.51. The van der Waals surface area contributed by atoms with Crippen molar-refractivity contribution >= 4 is 27.9 Å². The number of aliphatic hydroxyl groups is 1. The number of nitrogens with one attached hydrogen (secondary N) is 2. The smallest absolute Gasteiger partial charge is 0.411 e. The summed E-state index contributed by atoms with van der Waals surface area (Å²) in [5, 5.41) is 17.0. The van der Waals surface area contributed by atoms with E-state index in [1.807, 2.05) is 44.2 Å². The van der Waals surface area contributed by atoms with Crippen LogP contribution in [0.2, 0.25) is 0 Å². The van der Waals surface area contributed by atoms with E-state index in [2.05, 4.69) is 10.6 Å². The highest BCUT2D eigenvalue weighted by molar-refractivity contribution is 7.89. The summed E-state index contributed by atoms with van der Waals surface area (Å²) in [6.45, 7) is 5.15. The van der Waals surface area contributed by atoms with Crippen molar-refractivity contribution in [2.45, 2.75) is 74.9 Å². The van der Waals surface area contributed by atoms with E-state index < -0.39 is 46.6 Å². The molecule has 0 saturated carbocycles. The molecule has 2 amide bonds. The number of hydrogen-bond donors (Lipinski definition) is 3. The van der Waals surface area contributed by atoms with Crippen LogP contribution >= 0.6 is 0 Å². The normalized spacial score (nSPS) is 27.4. The summed E-state index contributed by atoms with van der Waals surface area (Å²) >= 11 is 0. The first kappa shape index (κ1) is 35.5. The van der Waals surface area contributed by atoms with Crippen LogP contribution in [0.4, 0.5) is 15.3 Å². The van der Waals surface area contributed by atoms with E-state index in [4.69, 9.17) is 28.4 Å². The number of rotatable bonds is 13. The Morgan fingerprint density at radius 2 is 1.45 bits per heavy atom. The number of fused-ring (bicyclic) bond motifs is 2. The molecule has 4 aliphatic rings. The van der Waals surface area contributed by atoms with E-state index in [1.54, 1.807) is 0 Å². The van der Waals surface area contributed by atoms with Crippen LogP contribution in [0.1, 0.15) is 32.3 Å². The molecule has 268 valence electrons. The summed E-state index contributed by atoms with van der Waals surface area (Å²) in [4.78, 5) is 25.7. The molecule has 0 bridgehead atoms. The Labute approximate surface area is 286 Å². The molecule has 3 N–H and O–H groups in total. The second-order valence-corrected chi connectivity index (χ2v) is 15.2. The van der Waals surface area contributed by atoms with Crippen molar-refractivity contribution in [1.82, 2.24) is 9.62 Å². The van der Waals surface area contributed by atoms with Gasteiger partial charge in [0.25, 0.3) is 0 Å². The Kier molecular flexibility index (Phi) is 11.4. The van der Waals surface area contributed by atoms with Gasteiger partial charge >= 0.3 is 12.2 Å². The Morgan fingerprint density at radius 1 is 0.857 bits per heavy atom. The highest BCUT2D eigenvalue weighted by atomic mass is 32.2. The zero-order valence-electron chi connectivity index (χ0n) is 27.6. The van der Waals surface area contributed by atoms with Crippen LogP contribution in [-0.2, 0) is 44.9 Å². The molecule has 8 atom stereocenters. The number of alkyl carbamates (subject to hydrolysis) is 1. The van der Waals surface area contributed by atoms with Crippen LogP contribution in [0, 0.1) is 17.8 Å². The first-order valence-electron chi connectivity index (χ1n) is 16.8. The third-order valence-corrected chi connectivity index (χ3v) is 11.1. The first-order valence-corrected chi connectivity index (χ1v) is 18.2. The topological polar surface area (TPSA) is 171 Å². The number of carbonyl (C=O) groups is 2. The monoisotopic (exact) mass is 703 g/mol. The Balaban J connectivity index is 1.11. The molecule has 2 aromatic carbocycles. The lowest BCUT2D eigenvalue weighted by atomic mass is 10.0. The van der Waals surface area contributed by atoms with Crippen LogP contribution in [-0.4, -0.2) is 106 Å². The van der Waals surface area contributed by atoms with E-state index in [-0.39, 0.29) is 68.0 Å². The predicted molar refractivity (Wildman–Crippen MR) is 175 cm³/mol. The first-order chi connectivity index (χ1) is 23.6. The second kappa shape index (κ2) is 15.7. The number of carbonyl (C=O) groups excluding carboxylic acids is 2. The standard InChI is InChI=1S/C34H45N3O11S/c1-21(2)17-37(49(41,42)24-10-8-23(9-11-24)35-33(39)47-29-19-45-31-25(29)12-14-43-31)18-28(38)27(16-22-6-4-3-5-7-22)36-34(40)48-30-20-46-32-26(30)13-15-44-32/h3-11,21,25-32,38H,12-20H2,1-2H3,(H,35,39)(H,36,40)/t25-,26-,27-,28+,29-,30-,31+,32+/m0/s1. The summed E-state index contributed by atoms with van der Waals surface area (Å²) in [5.41, 5.74) is 1.20. The van der Waals surface area contributed by atoms with Crippen LogP contribution in [0.15, 0.2) is 59.5 Å². The fraction of sp³-hybridized carbons (Fsp3) is 0.588. The number of anilines is 1. The SMILES string of the molecule is CC(C)CN(C[C@@H](O)[C@H](Cc1ccccc1)NC(=O)O[C@H]1CO[C@H]2OCC[C@H]21)S(=O)(=O)c1ccc(NC(=O)O[C@H]2CO[C@H]3OCC[C@H]32)cc1. The van der Waals surface area contributed by atoms with Crippen molar-refractivity contribution in [2.24, 2.45) is 17.8 Å². The van der Waals surface area contributed by atoms with Crippen molar-refractivity contribution < 1.29 is 51.5 Å². The predicted octanol–water partition coefficient (Wildman–Crippen LogP) is 3.10. The van der Waals surface area contributed by atoms with Crippen molar-refractivity contribution in [3.05, 3.63) is 60.2 Å². The lowest BCUT2D eigenvalue weighted by molar-refractivity contribution is -0.0909. The average molecular weight is 704 g/mol. The molecule has 0 radical (unpaired) electrons. The van der Waals surface area contributed by atoms with Crippen LogP contribution in [0.5, 0.6) is 0 Å². The minimum atomic E-state index is -4.10. The molecule has 0 spiro atoms. The van der Waals surface area contributed by atoms with E-state index in [1.165, 1.54) is 28.6 Å². The summed E-state index contributed by atoms with van der Waals surface area (Å²) in [6, 6.07) is 14.2. The van der Waals surface area contributed by atoms with Gasteiger partial charge in [-0.3, -0.25) is 5.32 Å². The number of nitrogens with zero attached hydrogens (tertiary/aromatic N) is 1. The highest BCUT2D eigenvalue weighted by Gasteiger charge is 2.45. The molecule has 49 heavy (non-hydrogen) atoms. The molecular formula is C34H45N3O11S. The molecule has 15 heteroatoms. The Hall–Kier alpha value is -3.31. The Morgan fingerprint density at radius 3 is 2.04 bits per heavy atom. The minimum absolute atomic E-state index is 0.00891. The molecule has 0 aliphatic carbocycles. The van der Waals surface area contributed by atoms with Crippen molar-refractivity contribution in [3.63, 3.8) is 0 Å². The van der Waals surface area contributed by atoms with E-state index in [0.717, 1.165) is 12.0 Å². The quantitative estimate of drug-likeness (QED) is 0.280. The van der Waals surface area contributed by atoms with Gasteiger partial charge in [-0.1, -0.05) is 44.2 Å². The zero-order chi connectivity index (χ0) is 34.5. The lowest BCUT2D eigenvalue weighted by Gasteiger charge is -2.31. The van der Waals surface area contributed by atoms with Gasteiger partial charge < -0.3 is 38.8 Å². The molecule has 0 aromatic heterocycles. The molecule has 6 rings (SSSR count). The maximum atomic E-state index is 14.0. The fourth-order valence-electron chi connectivity index (χ4n) is 6.73. The molecule has 2 aromatic rings. The van der Waals surface area contributed by atoms with Gasteiger partial charge in [-0.15, -0.1) is 0 Å². The Bertz CT molecular complexity index is 1530. The molecule has 14 nitrogen and oxygen atoms in total. The fourth-order valence-corrected chi connectivity index (χ4v) is 8.35. The van der Waals surface area contributed by atoms with Gasteiger partial charge in [-0.2, -0.15) is 4.31 Å². The molecule has 4 heterocycles. The maximum Gasteiger partial charge on any atom is 0.411 e. The van der Waals surface area contributed by atoms with Gasteiger partial charge in [0.05, 0.1) is 55.3 Å². The van der Waals surface area contributed by atoms with Crippen molar-refractivity contribution in [2.75, 3.05) is 44.8 Å². The second-order valence-electron chi connectivity index (χ2n) is 13.3. The molecule has 0 unspecified atom stereocenters. The van der Waals surface area contributed by atoms with Crippen LogP contribution in [0.3, 0.4) is 0 Å². The van der Waals surface area contributed by atoms with E-state index in [0.29, 0.717) is 25.3 Å². The highest BCUT2D eigenvalue weighted by Crippen LogP contribution is 2.34. The third kappa shape index (κ3) is 8.71. The van der Waals surface area contributed by atoms with Crippen LogP contribution < -0.4 is 10.6 Å².